The summed E-state index contributed by atoms with van der Waals surface area (Å²) < 4.78 is 11.5. The van der Waals surface area contributed by atoms with Gasteiger partial charge in [0.2, 0.25) is 5.89 Å². The first-order valence-corrected chi connectivity index (χ1v) is 7.50. The van der Waals surface area contributed by atoms with E-state index < -0.39 is 0 Å². The summed E-state index contributed by atoms with van der Waals surface area (Å²) in [5, 5.41) is 2.00. The van der Waals surface area contributed by atoms with Crippen LogP contribution in [0.25, 0.3) is 10.8 Å². The molecule has 0 saturated heterocycles. The number of benzene rings is 1. The van der Waals surface area contributed by atoms with Gasteiger partial charge in [-0.2, -0.15) is 0 Å². The van der Waals surface area contributed by atoms with Gasteiger partial charge in [0.05, 0.1) is 4.88 Å². The number of rotatable bonds is 4. The molecule has 3 aromatic rings. The summed E-state index contributed by atoms with van der Waals surface area (Å²) in [6.45, 7) is 4.25. The molecule has 1 aromatic carbocycles. The predicted octanol–water partition coefficient (Wildman–Crippen LogP) is 4.18. The quantitative estimate of drug-likeness (QED) is 0.734. The lowest BCUT2D eigenvalue weighted by Gasteiger charge is -2.08. The van der Waals surface area contributed by atoms with Gasteiger partial charge in [-0.05, 0) is 49.1 Å². The van der Waals surface area contributed by atoms with Gasteiger partial charge in [-0.3, -0.25) is 0 Å². The summed E-state index contributed by atoms with van der Waals surface area (Å²) in [4.78, 5) is 5.53. The summed E-state index contributed by atoms with van der Waals surface area (Å²) in [6, 6.07) is 9.57. The minimum absolute atomic E-state index is 0.380. The second-order valence-corrected chi connectivity index (χ2v) is 5.76. The van der Waals surface area contributed by atoms with Crippen molar-refractivity contribution in [3.8, 4) is 16.5 Å². The van der Waals surface area contributed by atoms with Gasteiger partial charge in [0.25, 0.3) is 0 Å². The first kappa shape index (κ1) is 13.7. The van der Waals surface area contributed by atoms with Crippen molar-refractivity contribution in [1.82, 2.24) is 4.98 Å². The molecule has 21 heavy (non-hydrogen) atoms. The predicted molar refractivity (Wildman–Crippen MR) is 84.5 cm³/mol. The van der Waals surface area contributed by atoms with Crippen LogP contribution in [0.15, 0.2) is 40.1 Å². The third kappa shape index (κ3) is 2.92. The SMILES string of the molecule is Cc1cc(N)ccc1OCc1nc(-c2cccs2)oc1C. The van der Waals surface area contributed by atoms with E-state index in [0.29, 0.717) is 12.5 Å². The van der Waals surface area contributed by atoms with Gasteiger partial charge >= 0.3 is 0 Å². The van der Waals surface area contributed by atoms with Gasteiger partial charge < -0.3 is 14.9 Å². The first-order chi connectivity index (χ1) is 10.1. The summed E-state index contributed by atoms with van der Waals surface area (Å²) in [5.41, 5.74) is 8.29. The number of aromatic nitrogens is 1. The summed E-state index contributed by atoms with van der Waals surface area (Å²) in [6.07, 6.45) is 0. The Hall–Kier alpha value is -2.27. The molecule has 2 heterocycles. The number of thiophene rings is 1. The molecule has 2 aromatic heterocycles. The lowest BCUT2D eigenvalue weighted by atomic mass is 10.2. The number of oxazole rings is 1. The number of aryl methyl sites for hydroxylation is 2. The molecule has 2 N–H and O–H groups in total. The fraction of sp³-hybridized carbons (Fsp3) is 0.188. The van der Waals surface area contributed by atoms with Crippen molar-refractivity contribution in [2.45, 2.75) is 20.5 Å². The first-order valence-electron chi connectivity index (χ1n) is 6.62. The van der Waals surface area contributed by atoms with Gasteiger partial charge in [0.1, 0.15) is 23.8 Å². The Morgan fingerprint density at radius 1 is 1.29 bits per heavy atom. The maximum atomic E-state index is 5.81. The summed E-state index contributed by atoms with van der Waals surface area (Å²) >= 11 is 1.61. The third-order valence-corrected chi connectivity index (χ3v) is 4.05. The molecule has 0 bridgehead atoms. The Bertz CT molecular complexity index is 748. The fourth-order valence-corrected chi connectivity index (χ4v) is 2.70. The van der Waals surface area contributed by atoms with Crippen molar-refractivity contribution in [3.05, 3.63) is 52.7 Å². The van der Waals surface area contributed by atoms with Crippen LogP contribution < -0.4 is 10.5 Å². The van der Waals surface area contributed by atoms with Gasteiger partial charge in [-0.15, -0.1) is 11.3 Å². The zero-order valence-corrected chi connectivity index (χ0v) is 12.7. The molecule has 5 heteroatoms. The van der Waals surface area contributed by atoms with E-state index in [4.69, 9.17) is 14.9 Å². The van der Waals surface area contributed by atoms with Crippen molar-refractivity contribution >= 4 is 17.0 Å². The highest BCUT2D eigenvalue weighted by Gasteiger charge is 2.13. The van der Waals surface area contributed by atoms with E-state index in [-0.39, 0.29) is 0 Å². The number of nitrogens with two attached hydrogens (primary N) is 1. The van der Waals surface area contributed by atoms with E-state index in [1.807, 2.05) is 49.6 Å². The van der Waals surface area contributed by atoms with Crippen molar-refractivity contribution in [1.29, 1.82) is 0 Å². The van der Waals surface area contributed by atoms with Crippen LogP contribution >= 0.6 is 11.3 Å². The Morgan fingerprint density at radius 2 is 2.14 bits per heavy atom. The van der Waals surface area contributed by atoms with Crippen molar-refractivity contribution in [3.63, 3.8) is 0 Å². The molecule has 0 unspecified atom stereocenters. The largest absolute Gasteiger partial charge is 0.487 e. The van der Waals surface area contributed by atoms with Crippen LogP contribution in [0.1, 0.15) is 17.0 Å². The molecular weight excluding hydrogens is 284 g/mol. The zero-order valence-electron chi connectivity index (χ0n) is 11.9. The Morgan fingerprint density at radius 3 is 2.86 bits per heavy atom. The smallest absolute Gasteiger partial charge is 0.236 e. The van der Waals surface area contributed by atoms with E-state index >= 15 is 0 Å². The van der Waals surface area contributed by atoms with Crippen molar-refractivity contribution in [2.75, 3.05) is 5.73 Å². The van der Waals surface area contributed by atoms with Gasteiger partial charge in [-0.25, -0.2) is 4.98 Å². The van der Waals surface area contributed by atoms with Crippen LogP contribution in [-0.4, -0.2) is 4.98 Å². The minimum atomic E-state index is 0.380. The molecule has 0 saturated carbocycles. The minimum Gasteiger partial charge on any atom is -0.487 e. The standard InChI is InChI=1S/C16H16N2O2S/c1-10-8-12(17)5-6-14(10)19-9-13-11(2)20-16(18-13)15-4-3-7-21-15/h3-8H,9,17H2,1-2H3. The maximum absolute atomic E-state index is 5.81. The maximum Gasteiger partial charge on any atom is 0.236 e. The second kappa shape index (κ2) is 5.61. The van der Waals surface area contributed by atoms with E-state index in [9.17, 15) is 0 Å². The van der Waals surface area contributed by atoms with Crippen LogP contribution in [0.5, 0.6) is 5.75 Å². The molecule has 0 atom stereocenters. The average Bonchev–Trinajstić information content (AvgIpc) is 3.07. The van der Waals surface area contributed by atoms with Crippen LogP contribution in [0.4, 0.5) is 5.69 Å². The highest BCUT2D eigenvalue weighted by Crippen LogP contribution is 2.27. The highest BCUT2D eigenvalue weighted by atomic mass is 32.1. The second-order valence-electron chi connectivity index (χ2n) is 4.81. The number of nitrogen functional groups attached to an aromatic ring is 1. The van der Waals surface area contributed by atoms with Crippen LogP contribution in [0.2, 0.25) is 0 Å². The molecule has 0 spiro atoms. The van der Waals surface area contributed by atoms with E-state index in [1.54, 1.807) is 11.3 Å². The lowest BCUT2D eigenvalue weighted by Crippen LogP contribution is -1.99. The molecule has 0 aliphatic heterocycles. The van der Waals surface area contributed by atoms with Gasteiger partial charge in [0, 0.05) is 5.69 Å². The van der Waals surface area contributed by atoms with E-state index in [2.05, 4.69) is 4.98 Å². The van der Waals surface area contributed by atoms with Crippen LogP contribution in [0.3, 0.4) is 0 Å². The molecule has 3 rings (SSSR count). The molecule has 0 aliphatic rings. The molecule has 0 aliphatic carbocycles. The van der Waals surface area contributed by atoms with Gasteiger partial charge in [-0.1, -0.05) is 6.07 Å². The Balaban J connectivity index is 1.76. The number of hydrogen-bond acceptors (Lipinski definition) is 5. The molecule has 0 amide bonds. The molecule has 0 fully saturated rings. The number of anilines is 1. The van der Waals surface area contributed by atoms with E-state index in [1.165, 1.54) is 0 Å². The van der Waals surface area contributed by atoms with Gasteiger partial charge in [0.15, 0.2) is 0 Å². The highest BCUT2D eigenvalue weighted by molar-refractivity contribution is 7.13. The average molecular weight is 300 g/mol. The molecule has 108 valence electrons. The lowest BCUT2D eigenvalue weighted by molar-refractivity contribution is 0.297. The number of nitrogens with zero attached hydrogens (tertiary/aromatic N) is 1. The Labute approximate surface area is 127 Å². The number of ether oxygens (including phenoxy) is 1. The summed E-state index contributed by atoms with van der Waals surface area (Å²) in [7, 11) is 0. The monoisotopic (exact) mass is 300 g/mol. The molecule has 0 radical (unpaired) electrons. The van der Waals surface area contributed by atoms with Crippen LogP contribution in [0, 0.1) is 13.8 Å². The normalized spacial score (nSPS) is 10.8. The molecular formula is C16H16N2O2S. The van der Waals surface area contributed by atoms with Crippen molar-refractivity contribution < 1.29 is 9.15 Å². The summed E-state index contributed by atoms with van der Waals surface area (Å²) in [5.74, 6) is 2.24. The van der Waals surface area contributed by atoms with E-state index in [0.717, 1.165) is 33.3 Å². The zero-order chi connectivity index (χ0) is 14.8. The van der Waals surface area contributed by atoms with Crippen molar-refractivity contribution in [2.24, 2.45) is 0 Å². The molecule has 4 nitrogen and oxygen atoms in total. The fourth-order valence-electron chi connectivity index (χ4n) is 2.05. The van der Waals surface area contributed by atoms with Crippen LogP contribution in [-0.2, 0) is 6.61 Å². The number of hydrogen-bond donors (Lipinski definition) is 1. The third-order valence-electron chi connectivity index (χ3n) is 3.19. The Kier molecular flexibility index (Phi) is 3.66. The topological polar surface area (TPSA) is 61.3 Å².